The molecule has 1 aliphatic heterocycles. The van der Waals surface area contributed by atoms with Crippen molar-refractivity contribution >= 4 is 0 Å². The van der Waals surface area contributed by atoms with E-state index >= 15 is 0 Å². The van der Waals surface area contributed by atoms with E-state index in [1.165, 1.54) is 6.42 Å². The van der Waals surface area contributed by atoms with Crippen LogP contribution in [0.4, 0.5) is 0 Å². The predicted molar refractivity (Wildman–Crippen MR) is 75.8 cm³/mol. The van der Waals surface area contributed by atoms with Crippen molar-refractivity contribution < 1.29 is 5.11 Å². The Morgan fingerprint density at radius 2 is 1.83 bits per heavy atom. The summed E-state index contributed by atoms with van der Waals surface area (Å²) in [5.41, 5.74) is 2.17. The third kappa shape index (κ3) is 2.86. The molecule has 0 radical (unpaired) electrons. The van der Waals surface area contributed by atoms with Crippen molar-refractivity contribution in [2.75, 3.05) is 13.1 Å². The van der Waals surface area contributed by atoms with Crippen molar-refractivity contribution in [1.82, 2.24) is 4.90 Å². The van der Waals surface area contributed by atoms with Crippen molar-refractivity contribution in [3.63, 3.8) is 0 Å². The average Bonchev–Trinajstić information content (AvgIpc) is 2.26. The largest absolute Gasteiger partial charge is 0.508 e. The van der Waals surface area contributed by atoms with Gasteiger partial charge in [0, 0.05) is 24.7 Å². The van der Waals surface area contributed by atoms with Gasteiger partial charge < -0.3 is 5.11 Å². The van der Waals surface area contributed by atoms with E-state index in [9.17, 15) is 5.11 Å². The van der Waals surface area contributed by atoms with Gasteiger partial charge in [-0.15, -0.1) is 0 Å². The summed E-state index contributed by atoms with van der Waals surface area (Å²) in [4.78, 5) is 2.50. The molecule has 3 atom stereocenters. The molecule has 0 saturated carbocycles. The average molecular weight is 247 g/mol. The minimum Gasteiger partial charge on any atom is -0.508 e. The van der Waals surface area contributed by atoms with Crippen LogP contribution in [0.1, 0.15) is 44.4 Å². The first-order valence-corrected chi connectivity index (χ1v) is 7.01. The van der Waals surface area contributed by atoms with Gasteiger partial charge in [0.2, 0.25) is 0 Å². The molecule has 0 aliphatic carbocycles. The molecular weight excluding hydrogens is 222 g/mol. The van der Waals surface area contributed by atoms with Crippen LogP contribution in [0, 0.1) is 18.8 Å². The number of aryl methyl sites for hydroxylation is 1. The SMILES string of the molecule is Cc1ccc(C(C)N2CC(C)CC(C)C2)c(O)c1. The molecule has 0 spiro atoms. The molecule has 1 fully saturated rings. The predicted octanol–water partition coefficient (Wildman–Crippen LogP) is 3.74. The van der Waals surface area contributed by atoms with Gasteiger partial charge in [-0.3, -0.25) is 4.90 Å². The summed E-state index contributed by atoms with van der Waals surface area (Å²) < 4.78 is 0. The number of hydrogen-bond donors (Lipinski definition) is 1. The molecule has 18 heavy (non-hydrogen) atoms. The Labute approximate surface area is 111 Å². The van der Waals surface area contributed by atoms with E-state index in [0.29, 0.717) is 11.8 Å². The van der Waals surface area contributed by atoms with Gasteiger partial charge in [-0.25, -0.2) is 0 Å². The van der Waals surface area contributed by atoms with Gasteiger partial charge in [-0.2, -0.15) is 0 Å². The van der Waals surface area contributed by atoms with Crippen LogP contribution in [-0.2, 0) is 0 Å². The Morgan fingerprint density at radius 3 is 2.39 bits per heavy atom. The third-order valence-electron chi connectivity index (χ3n) is 4.08. The number of rotatable bonds is 2. The molecule has 0 aromatic heterocycles. The molecule has 2 heteroatoms. The van der Waals surface area contributed by atoms with Crippen LogP contribution in [0.15, 0.2) is 18.2 Å². The molecule has 1 aromatic carbocycles. The van der Waals surface area contributed by atoms with Crippen molar-refractivity contribution in [3.05, 3.63) is 29.3 Å². The summed E-state index contributed by atoms with van der Waals surface area (Å²) >= 11 is 0. The zero-order valence-electron chi connectivity index (χ0n) is 12.0. The number of piperidine rings is 1. The number of nitrogens with zero attached hydrogens (tertiary/aromatic N) is 1. The molecular formula is C16H25NO. The molecule has 3 unspecified atom stereocenters. The Hall–Kier alpha value is -1.02. The number of aromatic hydroxyl groups is 1. The minimum atomic E-state index is 0.302. The second kappa shape index (κ2) is 5.31. The highest BCUT2D eigenvalue weighted by atomic mass is 16.3. The normalized spacial score (nSPS) is 27.1. The summed E-state index contributed by atoms with van der Waals surface area (Å²) in [5.74, 6) is 1.95. The molecule has 2 nitrogen and oxygen atoms in total. The Morgan fingerprint density at radius 1 is 1.22 bits per heavy atom. The molecule has 1 heterocycles. The summed E-state index contributed by atoms with van der Waals surface area (Å²) in [6.07, 6.45) is 1.32. The fourth-order valence-electron chi connectivity index (χ4n) is 3.23. The van der Waals surface area contributed by atoms with Crippen LogP contribution in [-0.4, -0.2) is 23.1 Å². The van der Waals surface area contributed by atoms with Crippen molar-refractivity contribution in [3.8, 4) is 5.75 Å². The minimum absolute atomic E-state index is 0.302. The zero-order chi connectivity index (χ0) is 13.3. The lowest BCUT2D eigenvalue weighted by Crippen LogP contribution is -2.40. The van der Waals surface area contributed by atoms with Crippen molar-refractivity contribution in [2.45, 2.75) is 40.2 Å². The van der Waals surface area contributed by atoms with Crippen LogP contribution in [0.3, 0.4) is 0 Å². The van der Waals surface area contributed by atoms with Crippen molar-refractivity contribution in [1.29, 1.82) is 0 Å². The Bertz CT molecular complexity index is 406. The fourth-order valence-corrected chi connectivity index (χ4v) is 3.23. The molecule has 1 aliphatic rings. The molecule has 0 bridgehead atoms. The Kier molecular flexibility index (Phi) is 3.96. The van der Waals surface area contributed by atoms with Gasteiger partial charge in [-0.05, 0) is 43.7 Å². The van der Waals surface area contributed by atoms with E-state index in [2.05, 4.69) is 37.8 Å². The quantitative estimate of drug-likeness (QED) is 0.860. The molecule has 1 saturated heterocycles. The van der Waals surface area contributed by atoms with Gasteiger partial charge in [0.15, 0.2) is 0 Å². The molecule has 1 N–H and O–H groups in total. The van der Waals surface area contributed by atoms with E-state index < -0.39 is 0 Å². The number of phenols is 1. The third-order valence-corrected chi connectivity index (χ3v) is 4.08. The number of likely N-dealkylation sites (tertiary alicyclic amines) is 1. The lowest BCUT2D eigenvalue weighted by atomic mass is 9.90. The van der Waals surface area contributed by atoms with Crippen LogP contribution in [0.2, 0.25) is 0 Å². The fraction of sp³-hybridized carbons (Fsp3) is 0.625. The highest BCUT2D eigenvalue weighted by Crippen LogP contribution is 2.33. The number of phenolic OH excluding ortho intramolecular Hbond substituents is 1. The highest BCUT2D eigenvalue weighted by Gasteiger charge is 2.26. The maximum Gasteiger partial charge on any atom is 0.120 e. The summed E-state index contributed by atoms with van der Waals surface area (Å²) in [5, 5.41) is 10.1. The molecule has 1 aromatic rings. The lowest BCUT2D eigenvalue weighted by molar-refractivity contribution is 0.102. The van der Waals surface area contributed by atoms with Crippen LogP contribution in [0.5, 0.6) is 5.75 Å². The van der Waals surface area contributed by atoms with Crippen molar-refractivity contribution in [2.24, 2.45) is 11.8 Å². The monoisotopic (exact) mass is 247 g/mol. The summed E-state index contributed by atoms with van der Waals surface area (Å²) in [6, 6.07) is 6.32. The van der Waals surface area contributed by atoms with E-state index in [-0.39, 0.29) is 0 Å². The highest BCUT2D eigenvalue weighted by molar-refractivity contribution is 5.37. The first-order valence-electron chi connectivity index (χ1n) is 7.01. The van der Waals surface area contributed by atoms with E-state index in [1.807, 2.05) is 13.0 Å². The second-order valence-electron chi connectivity index (χ2n) is 6.14. The second-order valence-corrected chi connectivity index (χ2v) is 6.14. The first kappa shape index (κ1) is 13.4. The zero-order valence-corrected chi connectivity index (χ0v) is 12.0. The van der Waals surface area contributed by atoms with Gasteiger partial charge in [-0.1, -0.05) is 26.0 Å². The van der Waals surface area contributed by atoms with Gasteiger partial charge in [0.25, 0.3) is 0 Å². The maximum atomic E-state index is 10.1. The molecule has 2 rings (SSSR count). The summed E-state index contributed by atoms with van der Waals surface area (Å²) in [6.45, 7) is 11.1. The summed E-state index contributed by atoms with van der Waals surface area (Å²) in [7, 11) is 0. The first-order chi connectivity index (χ1) is 8.47. The van der Waals surface area contributed by atoms with Gasteiger partial charge in [0.1, 0.15) is 5.75 Å². The van der Waals surface area contributed by atoms with E-state index in [1.54, 1.807) is 0 Å². The van der Waals surface area contributed by atoms with E-state index in [4.69, 9.17) is 0 Å². The van der Waals surface area contributed by atoms with Crippen LogP contribution in [0.25, 0.3) is 0 Å². The smallest absolute Gasteiger partial charge is 0.120 e. The Balaban J connectivity index is 2.17. The maximum absolute atomic E-state index is 10.1. The lowest BCUT2D eigenvalue weighted by Gasteiger charge is -2.39. The number of benzene rings is 1. The standard InChI is InChI=1S/C16H25NO/c1-11-5-6-15(16(18)8-11)14(4)17-9-12(2)7-13(3)10-17/h5-6,8,12-14,18H,7,9-10H2,1-4H3. The number of hydrogen-bond acceptors (Lipinski definition) is 2. The van der Waals surface area contributed by atoms with Crippen LogP contribution >= 0.6 is 0 Å². The molecule has 0 amide bonds. The molecule has 100 valence electrons. The van der Waals surface area contributed by atoms with E-state index in [0.717, 1.165) is 36.1 Å². The topological polar surface area (TPSA) is 23.5 Å². The van der Waals surface area contributed by atoms with Gasteiger partial charge in [0.05, 0.1) is 0 Å². The van der Waals surface area contributed by atoms with Crippen LogP contribution < -0.4 is 0 Å². The van der Waals surface area contributed by atoms with Gasteiger partial charge >= 0.3 is 0 Å².